The zero-order valence-electron chi connectivity index (χ0n) is 14.2. The third-order valence-corrected chi connectivity index (χ3v) is 4.34. The minimum Gasteiger partial charge on any atom is -0.353 e. The van der Waals surface area contributed by atoms with E-state index in [4.69, 9.17) is 23.7 Å². The van der Waals surface area contributed by atoms with Gasteiger partial charge in [-0.1, -0.05) is 0 Å². The van der Waals surface area contributed by atoms with Crippen LogP contribution in [-0.2, 0) is 33.3 Å². The molecule has 0 aromatic carbocycles. The number of hydrogen-bond donors (Lipinski definition) is 1. The van der Waals surface area contributed by atoms with Crippen LogP contribution in [0.2, 0.25) is 0 Å². The van der Waals surface area contributed by atoms with Gasteiger partial charge in [0.15, 0.2) is 18.4 Å². The molecule has 3 rings (SSSR count). The lowest BCUT2D eigenvalue weighted by Gasteiger charge is -2.32. The predicted molar refractivity (Wildman–Crippen MR) is 80.8 cm³/mol. The maximum atomic E-state index is 11.4. The van der Waals surface area contributed by atoms with E-state index in [1.54, 1.807) is 13.8 Å². The lowest BCUT2D eigenvalue weighted by Crippen LogP contribution is -2.52. The fraction of sp³-hybridized carbons (Fsp3) is 0.875. The zero-order chi connectivity index (χ0) is 17.3. The minimum absolute atomic E-state index is 0.317. The lowest BCUT2D eigenvalue weighted by molar-refractivity contribution is -0.247. The topological polar surface area (TPSA) is 92.3 Å². The fourth-order valence-electron chi connectivity index (χ4n) is 3.37. The van der Waals surface area contributed by atoms with E-state index in [2.05, 4.69) is 5.32 Å². The molecule has 3 fully saturated rings. The first kappa shape index (κ1) is 17.8. The van der Waals surface area contributed by atoms with Gasteiger partial charge in [-0.2, -0.15) is 0 Å². The van der Waals surface area contributed by atoms with E-state index in [9.17, 15) is 9.59 Å². The molecule has 0 aromatic heterocycles. The van der Waals surface area contributed by atoms with Gasteiger partial charge in [0, 0.05) is 13.5 Å². The minimum atomic E-state index is -0.836. The molecule has 1 amide bonds. The van der Waals surface area contributed by atoms with Crippen LogP contribution in [0.1, 0.15) is 40.0 Å². The number of nitrogens with one attached hydrogen (secondary N) is 1. The van der Waals surface area contributed by atoms with Crippen LogP contribution in [-0.4, -0.2) is 61.5 Å². The van der Waals surface area contributed by atoms with Crippen LogP contribution in [0.3, 0.4) is 0 Å². The van der Waals surface area contributed by atoms with Crippen molar-refractivity contribution < 1.29 is 33.3 Å². The van der Waals surface area contributed by atoms with Crippen LogP contribution in [0.15, 0.2) is 0 Å². The first-order valence-corrected chi connectivity index (χ1v) is 8.40. The van der Waals surface area contributed by atoms with Gasteiger partial charge in [0.1, 0.15) is 30.6 Å². The number of ether oxygens (including phenoxy) is 5. The number of fused-ring (bicyclic) bond motifs is 1. The molecule has 0 spiro atoms. The molecule has 0 aromatic rings. The Kier molecular flexibility index (Phi) is 5.22. The van der Waals surface area contributed by atoms with Crippen LogP contribution in [0.5, 0.6) is 0 Å². The Morgan fingerprint density at radius 3 is 2.75 bits per heavy atom. The van der Waals surface area contributed by atoms with E-state index in [1.165, 1.54) is 6.92 Å². The van der Waals surface area contributed by atoms with Gasteiger partial charge < -0.3 is 33.8 Å². The van der Waals surface area contributed by atoms with E-state index in [-0.39, 0.29) is 12.2 Å². The normalized spacial score (nSPS) is 39.2. The van der Waals surface area contributed by atoms with Gasteiger partial charge in [0.05, 0.1) is 0 Å². The summed E-state index contributed by atoms with van der Waals surface area (Å²) in [7, 11) is 0. The van der Waals surface area contributed by atoms with Crippen LogP contribution in [0.25, 0.3) is 0 Å². The van der Waals surface area contributed by atoms with E-state index in [0.29, 0.717) is 12.9 Å². The third kappa shape index (κ3) is 3.78. The molecule has 3 aliphatic rings. The van der Waals surface area contributed by atoms with Gasteiger partial charge >= 0.3 is 0 Å². The summed E-state index contributed by atoms with van der Waals surface area (Å²) in [6.45, 7) is 5.58. The summed E-state index contributed by atoms with van der Waals surface area (Å²) in [5, 5.41) is 2.58. The van der Waals surface area contributed by atoms with E-state index < -0.39 is 36.4 Å². The Hall–Kier alpha value is -1.06. The molecule has 1 N–H and O–H groups in total. The largest absolute Gasteiger partial charge is 0.353 e. The molecule has 3 aliphatic heterocycles. The van der Waals surface area contributed by atoms with Crippen LogP contribution in [0.4, 0.5) is 0 Å². The molecule has 8 nitrogen and oxygen atoms in total. The number of aldehydes is 1. The molecule has 1 unspecified atom stereocenters. The van der Waals surface area contributed by atoms with Gasteiger partial charge in [-0.3, -0.25) is 4.79 Å². The summed E-state index contributed by atoms with van der Waals surface area (Å²) in [6.07, 6.45) is 0.693. The summed E-state index contributed by atoms with van der Waals surface area (Å²) < 4.78 is 29.2. The lowest BCUT2D eigenvalue weighted by atomic mass is 10.0. The number of hydrogen-bond acceptors (Lipinski definition) is 7. The Balaban J connectivity index is 1.76. The standard InChI is InChI=1S/C16H25NO7/c1-9(19)17-10(8-18)12-13(21-11-6-4-5-7-20-11)14-15(22-12)24-16(2,3)23-14/h8,10-15H,4-7H2,1-3H3,(H,17,19)/t10-,11?,12-,13+,14-,15-/m1/s1. The molecule has 0 bridgehead atoms. The molecular formula is C16H25NO7. The molecule has 3 heterocycles. The quantitative estimate of drug-likeness (QED) is 0.726. The number of rotatable bonds is 5. The fourth-order valence-corrected chi connectivity index (χ4v) is 3.37. The summed E-state index contributed by atoms with van der Waals surface area (Å²) >= 11 is 0. The first-order chi connectivity index (χ1) is 11.4. The average Bonchev–Trinajstić information content (AvgIpc) is 2.99. The Labute approximate surface area is 141 Å². The Morgan fingerprint density at radius 2 is 2.12 bits per heavy atom. The van der Waals surface area contributed by atoms with Crippen LogP contribution < -0.4 is 5.32 Å². The van der Waals surface area contributed by atoms with Crippen molar-refractivity contribution in [2.45, 2.75) is 82.8 Å². The second kappa shape index (κ2) is 7.05. The molecule has 3 saturated heterocycles. The molecule has 24 heavy (non-hydrogen) atoms. The van der Waals surface area contributed by atoms with Crippen molar-refractivity contribution in [3.05, 3.63) is 0 Å². The smallest absolute Gasteiger partial charge is 0.217 e. The van der Waals surface area contributed by atoms with Crippen molar-refractivity contribution in [1.82, 2.24) is 5.32 Å². The highest BCUT2D eigenvalue weighted by Gasteiger charge is 2.58. The summed E-state index contributed by atoms with van der Waals surface area (Å²) in [4.78, 5) is 22.8. The summed E-state index contributed by atoms with van der Waals surface area (Å²) in [6, 6.07) is -0.836. The van der Waals surface area contributed by atoms with Gasteiger partial charge in [0.25, 0.3) is 0 Å². The maximum absolute atomic E-state index is 11.4. The molecule has 0 aliphatic carbocycles. The first-order valence-electron chi connectivity index (χ1n) is 8.40. The van der Waals surface area contributed by atoms with Crippen LogP contribution in [0, 0.1) is 0 Å². The molecule has 0 saturated carbocycles. The number of carbonyl (C=O) groups is 2. The second-order valence-electron chi connectivity index (χ2n) is 6.83. The summed E-state index contributed by atoms with van der Waals surface area (Å²) in [5.74, 6) is -1.11. The highest BCUT2D eigenvalue weighted by molar-refractivity contribution is 5.77. The van der Waals surface area contributed by atoms with Crippen LogP contribution >= 0.6 is 0 Å². The predicted octanol–water partition coefficient (Wildman–Crippen LogP) is 0.478. The highest BCUT2D eigenvalue weighted by atomic mass is 16.8. The zero-order valence-corrected chi connectivity index (χ0v) is 14.2. The van der Waals surface area contributed by atoms with Crippen molar-refractivity contribution in [3.63, 3.8) is 0 Å². The van der Waals surface area contributed by atoms with Gasteiger partial charge in [-0.05, 0) is 33.1 Å². The third-order valence-electron chi connectivity index (χ3n) is 4.34. The number of amides is 1. The molecule has 6 atom stereocenters. The van der Waals surface area contributed by atoms with E-state index in [1.807, 2.05) is 0 Å². The van der Waals surface area contributed by atoms with E-state index >= 15 is 0 Å². The molecule has 136 valence electrons. The highest BCUT2D eigenvalue weighted by Crippen LogP contribution is 2.40. The monoisotopic (exact) mass is 343 g/mol. The molecular weight excluding hydrogens is 318 g/mol. The number of carbonyl (C=O) groups excluding carboxylic acids is 2. The average molecular weight is 343 g/mol. The SMILES string of the molecule is CC(=O)N[C@H](C=O)[C@H]1O[C@@H]2OC(C)(C)O[C@@H]2[C@H]1OC1CCCCO1. The van der Waals surface area contributed by atoms with Gasteiger partial charge in [-0.25, -0.2) is 0 Å². The Bertz CT molecular complexity index is 477. The van der Waals surface area contributed by atoms with E-state index in [0.717, 1.165) is 19.3 Å². The van der Waals surface area contributed by atoms with Crippen molar-refractivity contribution in [2.24, 2.45) is 0 Å². The van der Waals surface area contributed by atoms with Crippen molar-refractivity contribution in [2.75, 3.05) is 6.61 Å². The van der Waals surface area contributed by atoms with Crippen molar-refractivity contribution >= 4 is 12.2 Å². The van der Waals surface area contributed by atoms with Gasteiger partial charge in [-0.15, -0.1) is 0 Å². The summed E-state index contributed by atoms with van der Waals surface area (Å²) in [5.41, 5.74) is 0. The maximum Gasteiger partial charge on any atom is 0.217 e. The molecule has 0 radical (unpaired) electrons. The van der Waals surface area contributed by atoms with Crippen molar-refractivity contribution in [1.29, 1.82) is 0 Å². The van der Waals surface area contributed by atoms with Gasteiger partial charge in [0.2, 0.25) is 5.91 Å². The second-order valence-corrected chi connectivity index (χ2v) is 6.83. The molecule has 8 heteroatoms. The Morgan fingerprint density at radius 1 is 1.33 bits per heavy atom. The van der Waals surface area contributed by atoms with Crippen molar-refractivity contribution in [3.8, 4) is 0 Å².